The van der Waals surface area contributed by atoms with Crippen molar-refractivity contribution in [3.05, 3.63) is 0 Å². The molecule has 0 aromatic rings. The fourth-order valence-corrected chi connectivity index (χ4v) is 0.631. The van der Waals surface area contributed by atoms with Gasteiger partial charge >= 0.3 is 17.9 Å². The maximum atomic E-state index is 10.2. The number of carboxylic acid groups (broad SMARTS) is 3. The lowest BCUT2D eigenvalue weighted by Gasteiger charge is -1.99. The summed E-state index contributed by atoms with van der Waals surface area (Å²) in [6.07, 6.45) is -1.18. The zero-order chi connectivity index (χ0) is 15.6. The topological polar surface area (TPSA) is 198 Å². The van der Waals surface area contributed by atoms with Gasteiger partial charge in [-0.2, -0.15) is 0 Å². The first-order valence-corrected chi connectivity index (χ1v) is 4.82. The molecule has 0 spiro atoms. The average molecular weight is 278 g/mol. The lowest BCUT2D eigenvalue weighted by molar-refractivity contribution is -0.149. The SMILES string of the molecule is NC(=O)C[C@H](N)C(=O)O.O=C(O)CCC(=O)C(=O)O. The molecule has 10 nitrogen and oxygen atoms in total. The summed E-state index contributed by atoms with van der Waals surface area (Å²) in [6.45, 7) is 0. The highest BCUT2D eigenvalue weighted by molar-refractivity contribution is 6.32. The van der Waals surface area contributed by atoms with Gasteiger partial charge in [0.15, 0.2) is 0 Å². The van der Waals surface area contributed by atoms with E-state index in [2.05, 4.69) is 5.73 Å². The van der Waals surface area contributed by atoms with Gasteiger partial charge in [0.1, 0.15) is 6.04 Å². The third kappa shape index (κ3) is 13.4. The molecule has 0 aliphatic carbocycles. The number of Topliss-reactive ketones (excluding diaryl/α,β-unsaturated/α-hetero) is 1. The van der Waals surface area contributed by atoms with Crippen LogP contribution in [0.3, 0.4) is 0 Å². The van der Waals surface area contributed by atoms with Crippen molar-refractivity contribution < 1.29 is 39.3 Å². The van der Waals surface area contributed by atoms with Crippen molar-refractivity contribution in [1.29, 1.82) is 0 Å². The number of carbonyl (C=O) groups excluding carboxylic acids is 2. The van der Waals surface area contributed by atoms with Gasteiger partial charge in [0, 0.05) is 6.42 Å². The number of carbonyl (C=O) groups is 5. The summed E-state index contributed by atoms with van der Waals surface area (Å²) >= 11 is 0. The smallest absolute Gasteiger partial charge is 0.372 e. The van der Waals surface area contributed by atoms with E-state index >= 15 is 0 Å². The molecule has 0 aromatic heterocycles. The van der Waals surface area contributed by atoms with Crippen LogP contribution in [0, 0.1) is 0 Å². The van der Waals surface area contributed by atoms with Crippen molar-refractivity contribution in [2.75, 3.05) is 0 Å². The zero-order valence-corrected chi connectivity index (χ0v) is 9.74. The van der Waals surface area contributed by atoms with Crippen LogP contribution in [-0.4, -0.2) is 51.0 Å². The number of nitrogens with two attached hydrogens (primary N) is 2. The molecule has 19 heavy (non-hydrogen) atoms. The van der Waals surface area contributed by atoms with Crippen LogP contribution in [0.5, 0.6) is 0 Å². The van der Waals surface area contributed by atoms with E-state index < -0.39 is 48.5 Å². The summed E-state index contributed by atoms with van der Waals surface area (Å²) in [5.41, 5.74) is 9.57. The first-order chi connectivity index (χ1) is 8.57. The van der Waals surface area contributed by atoms with Gasteiger partial charge in [0.2, 0.25) is 11.7 Å². The third-order valence-electron chi connectivity index (χ3n) is 1.54. The number of ketones is 1. The summed E-state index contributed by atoms with van der Waals surface area (Å²) in [7, 11) is 0. The van der Waals surface area contributed by atoms with Gasteiger partial charge < -0.3 is 26.8 Å². The molecule has 0 fully saturated rings. The second-order valence-corrected chi connectivity index (χ2v) is 3.24. The van der Waals surface area contributed by atoms with Crippen LogP contribution in [0.4, 0.5) is 0 Å². The van der Waals surface area contributed by atoms with E-state index in [0.29, 0.717) is 0 Å². The van der Waals surface area contributed by atoms with Gasteiger partial charge in [-0.25, -0.2) is 4.79 Å². The molecule has 7 N–H and O–H groups in total. The lowest BCUT2D eigenvalue weighted by Crippen LogP contribution is -2.34. The normalized spacial score (nSPS) is 10.6. The molecule has 10 heteroatoms. The van der Waals surface area contributed by atoms with Gasteiger partial charge in [0.25, 0.3) is 0 Å². The molecule has 1 atom stereocenters. The summed E-state index contributed by atoms with van der Waals surface area (Å²) in [6, 6.07) is -1.16. The maximum Gasteiger partial charge on any atom is 0.372 e. The third-order valence-corrected chi connectivity index (χ3v) is 1.54. The van der Waals surface area contributed by atoms with Gasteiger partial charge in [-0.1, -0.05) is 0 Å². The van der Waals surface area contributed by atoms with Crippen molar-refractivity contribution in [2.24, 2.45) is 11.5 Å². The predicted molar refractivity (Wildman–Crippen MR) is 58.9 cm³/mol. The Balaban J connectivity index is 0. The molecule has 0 heterocycles. The molecule has 0 saturated carbocycles. The first-order valence-electron chi connectivity index (χ1n) is 4.82. The van der Waals surface area contributed by atoms with Gasteiger partial charge in [-0.05, 0) is 0 Å². The molecule has 0 aliphatic rings. The van der Waals surface area contributed by atoms with E-state index in [9.17, 15) is 24.0 Å². The fraction of sp³-hybridized carbons (Fsp3) is 0.444. The Morgan fingerprint density at radius 2 is 1.42 bits per heavy atom. The van der Waals surface area contributed by atoms with E-state index in [1.807, 2.05) is 0 Å². The van der Waals surface area contributed by atoms with Crippen LogP contribution >= 0.6 is 0 Å². The molecule has 0 bridgehead atoms. The highest BCUT2D eigenvalue weighted by Gasteiger charge is 2.13. The first kappa shape index (κ1) is 18.9. The molecule has 0 saturated heterocycles. The van der Waals surface area contributed by atoms with Crippen molar-refractivity contribution in [2.45, 2.75) is 25.3 Å². The van der Waals surface area contributed by atoms with E-state index in [1.54, 1.807) is 0 Å². The van der Waals surface area contributed by atoms with E-state index in [4.69, 9.17) is 21.1 Å². The van der Waals surface area contributed by atoms with Crippen LogP contribution in [-0.2, 0) is 24.0 Å². The Hall–Kier alpha value is -2.49. The molecule has 0 rings (SSSR count). The number of rotatable bonds is 7. The van der Waals surface area contributed by atoms with E-state index in [1.165, 1.54) is 0 Å². The Morgan fingerprint density at radius 3 is 1.63 bits per heavy atom. The van der Waals surface area contributed by atoms with Crippen LogP contribution in [0.2, 0.25) is 0 Å². The minimum absolute atomic E-state index is 0.310. The highest BCUT2D eigenvalue weighted by atomic mass is 16.4. The van der Waals surface area contributed by atoms with Crippen molar-refractivity contribution in [1.82, 2.24) is 0 Å². The Bertz CT molecular complexity index is 378. The average Bonchev–Trinajstić information content (AvgIpc) is 2.25. The minimum atomic E-state index is -1.58. The molecule has 0 radical (unpaired) electrons. The van der Waals surface area contributed by atoms with Crippen molar-refractivity contribution in [3.8, 4) is 0 Å². The van der Waals surface area contributed by atoms with Crippen molar-refractivity contribution in [3.63, 3.8) is 0 Å². The van der Waals surface area contributed by atoms with Gasteiger partial charge in [-0.3, -0.25) is 19.2 Å². The molecule has 0 aliphatic heterocycles. The number of hydrogen-bond acceptors (Lipinski definition) is 6. The van der Waals surface area contributed by atoms with E-state index in [-0.39, 0.29) is 6.42 Å². The van der Waals surface area contributed by atoms with Crippen LogP contribution in [0.25, 0.3) is 0 Å². The summed E-state index contributed by atoms with van der Waals surface area (Å²) in [5, 5.41) is 24.0. The van der Waals surface area contributed by atoms with Crippen molar-refractivity contribution >= 4 is 29.6 Å². The molecule has 1 amide bonds. The predicted octanol–water partition coefficient (Wildman–Crippen LogP) is -2.22. The Labute approximate surface area is 107 Å². The Kier molecular flexibility index (Phi) is 9.46. The number of amides is 1. The van der Waals surface area contributed by atoms with Crippen LogP contribution < -0.4 is 11.5 Å². The second-order valence-electron chi connectivity index (χ2n) is 3.24. The number of carboxylic acids is 3. The molecule has 0 unspecified atom stereocenters. The zero-order valence-electron chi connectivity index (χ0n) is 9.74. The highest BCUT2D eigenvalue weighted by Crippen LogP contribution is 1.90. The standard InChI is InChI=1S/C5H6O5.C4H8N2O3/c6-3(5(9)10)1-2-4(7)8;5-2(4(8)9)1-3(6)7/h1-2H2,(H,7,8)(H,9,10);2H,1,5H2,(H2,6,7)(H,8,9)/t;2-/m.0/s1. The summed E-state index contributed by atoms with van der Waals surface area (Å²) in [4.78, 5) is 49.6. The summed E-state index contributed by atoms with van der Waals surface area (Å²) < 4.78 is 0. The molecule has 0 aromatic carbocycles. The number of hydrogen-bond donors (Lipinski definition) is 5. The molecular formula is C9H14N2O8. The fourth-order valence-electron chi connectivity index (χ4n) is 0.631. The second kappa shape index (κ2) is 9.53. The Morgan fingerprint density at radius 1 is 0.947 bits per heavy atom. The maximum absolute atomic E-state index is 10.2. The largest absolute Gasteiger partial charge is 0.481 e. The molecule has 108 valence electrons. The van der Waals surface area contributed by atoms with Gasteiger partial charge in [0.05, 0.1) is 12.8 Å². The minimum Gasteiger partial charge on any atom is -0.481 e. The quantitative estimate of drug-likeness (QED) is 0.320. The summed E-state index contributed by atoms with van der Waals surface area (Å²) in [5.74, 6) is -5.74. The van der Waals surface area contributed by atoms with Crippen LogP contribution in [0.15, 0.2) is 0 Å². The molecular weight excluding hydrogens is 264 g/mol. The van der Waals surface area contributed by atoms with E-state index in [0.717, 1.165) is 0 Å². The lowest BCUT2D eigenvalue weighted by atomic mass is 10.2. The van der Waals surface area contributed by atoms with Gasteiger partial charge in [-0.15, -0.1) is 0 Å². The number of aliphatic carboxylic acids is 3. The number of primary amides is 1. The monoisotopic (exact) mass is 278 g/mol. The van der Waals surface area contributed by atoms with Crippen LogP contribution in [0.1, 0.15) is 19.3 Å².